The van der Waals surface area contributed by atoms with Crippen LogP contribution < -0.4 is 5.32 Å². The summed E-state index contributed by atoms with van der Waals surface area (Å²) in [5.74, 6) is 0.454. The molecular weight excluding hydrogens is 214 g/mol. The Morgan fingerprint density at radius 1 is 1.29 bits per heavy atom. The second-order valence-corrected chi connectivity index (χ2v) is 4.54. The van der Waals surface area contributed by atoms with Crippen molar-refractivity contribution < 1.29 is 9.90 Å². The van der Waals surface area contributed by atoms with E-state index in [1.807, 2.05) is 24.3 Å². The lowest BCUT2D eigenvalue weighted by Crippen LogP contribution is -2.15. The van der Waals surface area contributed by atoms with Crippen LogP contribution >= 0.6 is 0 Å². The summed E-state index contributed by atoms with van der Waals surface area (Å²) >= 11 is 0. The van der Waals surface area contributed by atoms with Gasteiger partial charge in [0, 0.05) is 23.7 Å². The van der Waals surface area contributed by atoms with Crippen molar-refractivity contribution in [1.29, 1.82) is 0 Å². The fraction of sp³-hybridized carbons (Fsp3) is 0.500. The molecule has 17 heavy (non-hydrogen) atoms. The first-order valence-electron chi connectivity index (χ1n) is 6.31. The molecule has 1 fully saturated rings. The molecule has 3 heteroatoms. The number of rotatable bonds is 5. The standard InChI is InChI=1S/C14H19NO2/c16-10-9-15-13-8-4-3-7-12(13)14(17)11-5-1-2-6-11/h3-4,7-8,11,15-16H,1-2,5-6,9-10H2. The van der Waals surface area contributed by atoms with Crippen LogP contribution in [0.2, 0.25) is 0 Å². The summed E-state index contributed by atoms with van der Waals surface area (Å²) in [6, 6.07) is 7.58. The molecule has 0 saturated heterocycles. The lowest BCUT2D eigenvalue weighted by atomic mass is 9.95. The number of carbonyl (C=O) groups excluding carboxylic acids is 1. The highest BCUT2D eigenvalue weighted by Crippen LogP contribution is 2.30. The first-order chi connectivity index (χ1) is 8.33. The van der Waals surface area contributed by atoms with Gasteiger partial charge in [-0.1, -0.05) is 25.0 Å². The number of aliphatic hydroxyl groups excluding tert-OH is 1. The molecule has 1 aromatic carbocycles. The second kappa shape index (κ2) is 5.82. The Kier molecular flexibility index (Phi) is 4.15. The van der Waals surface area contributed by atoms with E-state index in [4.69, 9.17) is 5.11 Å². The molecule has 0 unspecified atom stereocenters. The Morgan fingerprint density at radius 2 is 2.00 bits per heavy atom. The second-order valence-electron chi connectivity index (χ2n) is 4.54. The molecule has 1 aromatic rings. The van der Waals surface area contributed by atoms with Gasteiger partial charge >= 0.3 is 0 Å². The van der Waals surface area contributed by atoms with Gasteiger partial charge in [-0.25, -0.2) is 0 Å². The van der Waals surface area contributed by atoms with Gasteiger partial charge in [0.25, 0.3) is 0 Å². The first kappa shape index (κ1) is 12.1. The molecule has 0 amide bonds. The SMILES string of the molecule is O=C(c1ccccc1NCCO)C1CCCC1. The van der Waals surface area contributed by atoms with Crippen LogP contribution in [0.3, 0.4) is 0 Å². The van der Waals surface area contributed by atoms with Gasteiger partial charge in [-0.3, -0.25) is 4.79 Å². The van der Waals surface area contributed by atoms with Crippen LogP contribution in [0.1, 0.15) is 36.0 Å². The highest BCUT2D eigenvalue weighted by atomic mass is 16.3. The molecule has 0 aliphatic heterocycles. The molecule has 0 bridgehead atoms. The number of carbonyl (C=O) groups is 1. The van der Waals surface area contributed by atoms with E-state index in [0.717, 1.165) is 24.1 Å². The van der Waals surface area contributed by atoms with Crippen molar-refractivity contribution in [1.82, 2.24) is 0 Å². The lowest BCUT2D eigenvalue weighted by molar-refractivity contribution is 0.0923. The molecule has 0 aromatic heterocycles. The minimum absolute atomic E-state index is 0.0754. The number of Topliss-reactive ketones (excluding diaryl/α,β-unsaturated/α-hetero) is 1. The molecule has 2 rings (SSSR count). The van der Waals surface area contributed by atoms with Gasteiger partial charge in [0.2, 0.25) is 0 Å². The van der Waals surface area contributed by atoms with E-state index < -0.39 is 0 Å². The number of hydrogen-bond donors (Lipinski definition) is 2. The molecule has 3 nitrogen and oxygen atoms in total. The van der Waals surface area contributed by atoms with Crippen LogP contribution in [-0.2, 0) is 0 Å². The van der Waals surface area contributed by atoms with Crippen molar-refractivity contribution in [3.05, 3.63) is 29.8 Å². The molecule has 0 heterocycles. The molecule has 0 atom stereocenters. The van der Waals surface area contributed by atoms with Crippen LogP contribution in [0, 0.1) is 5.92 Å². The number of aliphatic hydroxyl groups is 1. The number of ketones is 1. The quantitative estimate of drug-likeness (QED) is 0.768. The van der Waals surface area contributed by atoms with Crippen molar-refractivity contribution in [2.45, 2.75) is 25.7 Å². The maximum absolute atomic E-state index is 12.3. The lowest BCUT2D eigenvalue weighted by Gasteiger charge is -2.13. The Balaban J connectivity index is 2.15. The molecule has 0 radical (unpaired) electrons. The third-order valence-corrected chi connectivity index (χ3v) is 3.35. The van der Waals surface area contributed by atoms with Crippen molar-refractivity contribution in [3.63, 3.8) is 0 Å². The number of anilines is 1. The largest absolute Gasteiger partial charge is 0.395 e. The summed E-state index contributed by atoms with van der Waals surface area (Å²) in [5, 5.41) is 11.9. The summed E-state index contributed by atoms with van der Waals surface area (Å²) in [6.07, 6.45) is 4.38. The Labute approximate surface area is 102 Å². The average molecular weight is 233 g/mol. The van der Waals surface area contributed by atoms with Crippen molar-refractivity contribution in [2.75, 3.05) is 18.5 Å². The number of para-hydroxylation sites is 1. The maximum Gasteiger partial charge on any atom is 0.168 e. The van der Waals surface area contributed by atoms with Crippen LogP contribution in [0.25, 0.3) is 0 Å². The fourth-order valence-corrected chi connectivity index (χ4v) is 2.45. The summed E-state index contributed by atoms with van der Waals surface area (Å²) in [7, 11) is 0. The van der Waals surface area contributed by atoms with E-state index in [0.29, 0.717) is 6.54 Å². The molecule has 2 N–H and O–H groups in total. The summed E-state index contributed by atoms with van der Waals surface area (Å²) in [5.41, 5.74) is 1.62. The third kappa shape index (κ3) is 2.86. The zero-order chi connectivity index (χ0) is 12.1. The van der Waals surface area contributed by atoms with Crippen LogP contribution in [0.15, 0.2) is 24.3 Å². The molecule has 92 valence electrons. The van der Waals surface area contributed by atoms with E-state index in [9.17, 15) is 4.79 Å². The van der Waals surface area contributed by atoms with Gasteiger partial charge in [-0.2, -0.15) is 0 Å². The predicted molar refractivity (Wildman–Crippen MR) is 68.3 cm³/mol. The van der Waals surface area contributed by atoms with Gasteiger partial charge in [-0.05, 0) is 25.0 Å². The monoisotopic (exact) mass is 233 g/mol. The van der Waals surface area contributed by atoms with Gasteiger partial charge < -0.3 is 10.4 Å². The van der Waals surface area contributed by atoms with Crippen LogP contribution in [-0.4, -0.2) is 24.0 Å². The molecular formula is C14H19NO2. The highest BCUT2D eigenvalue weighted by molar-refractivity contribution is 6.02. The number of hydrogen-bond acceptors (Lipinski definition) is 3. The topological polar surface area (TPSA) is 49.3 Å². The van der Waals surface area contributed by atoms with E-state index in [1.165, 1.54) is 12.8 Å². The molecule has 0 spiro atoms. The van der Waals surface area contributed by atoms with Crippen LogP contribution in [0.4, 0.5) is 5.69 Å². The zero-order valence-corrected chi connectivity index (χ0v) is 9.98. The number of nitrogens with one attached hydrogen (secondary N) is 1. The summed E-state index contributed by atoms with van der Waals surface area (Å²) < 4.78 is 0. The molecule has 1 aliphatic rings. The van der Waals surface area contributed by atoms with E-state index in [1.54, 1.807) is 0 Å². The summed E-state index contributed by atoms with van der Waals surface area (Å²) in [4.78, 5) is 12.3. The minimum Gasteiger partial charge on any atom is -0.395 e. The maximum atomic E-state index is 12.3. The first-order valence-corrected chi connectivity index (χ1v) is 6.31. The minimum atomic E-state index is 0.0754. The van der Waals surface area contributed by atoms with Gasteiger partial charge in [0.15, 0.2) is 5.78 Å². The fourth-order valence-electron chi connectivity index (χ4n) is 2.45. The van der Waals surface area contributed by atoms with E-state index >= 15 is 0 Å². The van der Waals surface area contributed by atoms with E-state index in [-0.39, 0.29) is 18.3 Å². The van der Waals surface area contributed by atoms with Crippen molar-refractivity contribution in [2.24, 2.45) is 5.92 Å². The Hall–Kier alpha value is -1.35. The smallest absolute Gasteiger partial charge is 0.168 e. The zero-order valence-electron chi connectivity index (χ0n) is 9.98. The molecule has 1 aliphatic carbocycles. The highest BCUT2D eigenvalue weighted by Gasteiger charge is 2.25. The van der Waals surface area contributed by atoms with Crippen molar-refractivity contribution in [3.8, 4) is 0 Å². The molecule has 1 saturated carbocycles. The summed E-state index contributed by atoms with van der Waals surface area (Å²) in [6.45, 7) is 0.556. The average Bonchev–Trinajstić information content (AvgIpc) is 2.89. The van der Waals surface area contributed by atoms with Gasteiger partial charge in [0.05, 0.1) is 6.61 Å². The van der Waals surface area contributed by atoms with Crippen molar-refractivity contribution >= 4 is 11.5 Å². The Morgan fingerprint density at radius 3 is 2.71 bits per heavy atom. The third-order valence-electron chi connectivity index (χ3n) is 3.35. The van der Waals surface area contributed by atoms with Crippen LogP contribution in [0.5, 0.6) is 0 Å². The van der Waals surface area contributed by atoms with Gasteiger partial charge in [-0.15, -0.1) is 0 Å². The normalized spacial score (nSPS) is 16.1. The van der Waals surface area contributed by atoms with E-state index in [2.05, 4.69) is 5.32 Å². The number of benzene rings is 1. The van der Waals surface area contributed by atoms with Gasteiger partial charge in [0.1, 0.15) is 0 Å². The predicted octanol–water partition coefficient (Wildman–Crippen LogP) is 2.46. The Bertz CT molecular complexity index is 384.